The van der Waals surface area contributed by atoms with E-state index in [-0.39, 0.29) is 17.9 Å². The Morgan fingerprint density at radius 2 is 0.917 bits per heavy atom. The van der Waals surface area contributed by atoms with E-state index in [4.69, 9.17) is 19.4 Å². The number of carbonyl (C=O) groups is 1. The average Bonchev–Trinajstić information content (AvgIpc) is 3.11. The van der Waals surface area contributed by atoms with Gasteiger partial charge in [-0.25, -0.2) is 0 Å². The van der Waals surface area contributed by atoms with Gasteiger partial charge in [0, 0.05) is 116 Å². The van der Waals surface area contributed by atoms with Crippen molar-refractivity contribution in [2.24, 2.45) is 0 Å². The molecule has 4 aliphatic rings. The Balaban J connectivity index is 1.28. The summed E-state index contributed by atoms with van der Waals surface area (Å²) >= 11 is 0. The molecule has 48 heavy (non-hydrogen) atoms. The number of hydrogen-bond acceptors (Lipinski definition) is 11. The first-order chi connectivity index (χ1) is 23.4. The van der Waals surface area contributed by atoms with Gasteiger partial charge in [0.2, 0.25) is 0 Å². The molecule has 4 fully saturated rings. The number of rotatable bonds is 12. The van der Waals surface area contributed by atoms with Gasteiger partial charge < -0.3 is 9.47 Å². The zero-order valence-corrected chi connectivity index (χ0v) is 29.8. The standard InChI is InChI=1S/C37H58N8O3/c1-29(2)42-9-13-44(14-10-42)35(31-5-7-33(38-25-31)27-40-17-21-47-22-18-40)37(46)36(45-15-11-43(12-16-45)30(3)4)32-6-8-34(39-26-32)28-41-19-23-48-24-20-41/h5-8,25-26,29-30,35-36H,9-24,27-28H2,1-4H3. The Labute approximate surface area is 288 Å². The molecule has 2 atom stereocenters. The van der Waals surface area contributed by atoms with E-state index in [1.807, 2.05) is 12.4 Å². The zero-order chi connectivity index (χ0) is 33.5. The van der Waals surface area contributed by atoms with Crippen LogP contribution in [0.2, 0.25) is 0 Å². The zero-order valence-electron chi connectivity index (χ0n) is 29.8. The quantitative estimate of drug-likeness (QED) is 0.337. The van der Waals surface area contributed by atoms with Crippen LogP contribution in [0.5, 0.6) is 0 Å². The minimum Gasteiger partial charge on any atom is -0.379 e. The fourth-order valence-electron chi connectivity index (χ4n) is 7.64. The Morgan fingerprint density at radius 1 is 0.562 bits per heavy atom. The van der Waals surface area contributed by atoms with Gasteiger partial charge in [-0.05, 0) is 51.0 Å². The Hall–Kier alpha value is -2.35. The number of nitrogens with zero attached hydrogens (tertiary/aromatic N) is 8. The molecule has 0 radical (unpaired) electrons. The molecule has 2 unspecified atom stereocenters. The molecule has 0 N–H and O–H groups in total. The molecule has 11 nitrogen and oxygen atoms in total. The summed E-state index contributed by atoms with van der Waals surface area (Å²) in [4.78, 5) is 39.8. The fraction of sp³-hybridized carbons (Fsp3) is 0.703. The molecule has 4 saturated heterocycles. The Kier molecular flexibility index (Phi) is 12.6. The van der Waals surface area contributed by atoms with E-state index < -0.39 is 0 Å². The summed E-state index contributed by atoms with van der Waals surface area (Å²) < 4.78 is 11.1. The average molecular weight is 663 g/mol. The van der Waals surface area contributed by atoms with Crippen molar-refractivity contribution in [1.29, 1.82) is 0 Å². The third-order valence-electron chi connectivity index (χ3n) is 10.7. The number of aromatic nitrogens is 2. The van der Waals surface area contributed by atoms with E-state index >= 15 is 4.79 Å². The molecule has 2 aromatic rings. The largest absolute Gasteiger partial charge is 0.379 e. The van der Waals surface area contributed by atoms with Gasteiger partial charge in [0.25, 0.3) is 0 Å². The molecule has 2 aromatic heterocycles. The molecular formula is C37H58N8O3. The van der Waals surface area contributed by atoms with E-state index in [9.17, 15) is 0 Å². The highest BCUT2D eigenvalue weighted by Gasteiger charge is 2.39. The van der Waals surface area contributed by atoms with Crippen LogP contribution in [0.4, 0.5) is 0 Å². The second-order valence-corrected chi connectivity index (χ2v) is 14.5. The number of Topliss-reactive ketones (excluding diaryl/α,β-unsaturated/α-hetero) is 1. The van der Waals surface area contributed by atoms with Gasteiger partial charge in [0.1, 0.15) is 0 Å². The highest BCUT2D eigenvalue weighted by Crippen LogP contribution is 2.33. The first-order valence-corrected chi connectivity index (χ1v) is 18.4. The van der Waals surface area contributed by atoms with Gasteiger partial charge in [-0.1, -0.05) is 12.1 Å². The normalized spacial score (nSPS) is 23.1. The number of piperazine rings is 2. The molecule has 0 saturated carbocycles. The van der Waals surface area contributed by atoms with Crippen LogP contribution in [0.25, 0.3) is 0 Å². The maximum atomic E-state index is 15.3. The van der Waals surface area contributed by atoms with E-state index in [0.717, 1.165) is 141 Å². The number of carbonyl (C=O) groups excluding carboxylic acids is 1. The molecule has 264 valence electrons. The van der Waals surface area contributed by atoms with Gasteiger partial charge in [-0.3, -0.25) is 44.2 Å². The number of ketones is 1. The molecule has 6 rings (SSSR count). The topological polar surface area (TPSA) is 80.8 Å². The third-order valence-corrected chi connectivity index (χ3v) is 10.7. The predicted molar refractivity (Wildman–Crippen MR) is 188 cm³/mol. The Bertz CT molecular complexity index is 1170. The van der Waals surface area contributed by atoms with Crippen molar-refractivity contribution in [2.75, 3.05) is 105 Å². The fourth-order valence-corrected chi connectivity index (χ4v) is 7.64. The van der Waals surface area contributed by atoms with Crippen LogP contribution in [0, 0.1) is 0 Å². The summed E-state index contributed by atoms with van der Waals surface area (Å²) in [5, 5.41) is 0. The summed E-state index contributed by atoms with van der Waals surface area (Å²) in [6, 6.07) is 8.84. The number of morpholine rings is 2. The summed E-state index contributed by atoms with van der Waals surface area (Å²) in [6.07, 6.45) is 3.95. The van der Waals surface area contributed by atoms with Crippen molar-refractivity contribution >= 4 is 5.78 Å². The smallest absolute Gasteiger partial charge is 0.176 e. The first kappa shape index (κ1) is 35.5. The lowest BCUT2D eigenvalue weighted by Crippen LogP contribution is -2.54. The lowest BCUT2D eigenvalue weighted by Gasteiger charge is -2.44. The van der Waals surface area contributed by atoms with Crippen LogP contribution < -0.4 is 0 Å². The van der Waals surface area contributed by atoms with Crippen molar-refractivity contribution in [2.45, 2.75) is 65.0 Å². The molecule has 0 bridgehead atoms. The van der Waals surface area contributed by atoms with Gasteiger partial charge in [-0.15, -0.1) is 0 Å². The molecule has 0 aromatic carbocycles. The molecule has 6 heterocycles. The lowest BCUT2D eigenvalue weighted by atomic mass is 9.91. The van der Waals surface area contributed by atoms with Crippen LogP contribution in [-0.2, 0) is 27.4 Å². The minimum absolute atomic E-state index is 0.233. The SMILES string of the molecule is CC(C)N1CCN(C(C(=O)C(c2ccc(CN3CCOCC3)nc2)N2CCN(C(C)C)CC2)c2ccc(CN3CCOCC3)nc2)CC1. The summed E-state index contributed by atoms with van der Waals surface area (Å²) in [5.74, 6) is 0.233. The maximum Gasteiger partial charge on any atom is 0.176 e. The summed E-state index contributed by atoms with van der Waals surface area (Å²) in [5.41, 5.74) is 4.06. The van der Waals surface area contributed by atoms with Crippen LogP contribution in [0.1, 0.15) is 62.3 Å². The van der Waals surface area contributed by atoms with Crippen LogP contribution in [-0.4, -0.2) is 162 Å². The second-order valence-electron chi connectivity index (χ2n) is 14.5. The molecular weight excluding hydrogens is 604 g/mol. The van der Waals surface area contributed by atoms with Gasteiger partial charge >= 0.3 is 0 Å². The van der Waals surface area contributed by atoms with Gasteiger partial charge in [0.15, 0.2) is 5.78 Å². The second kappa shape index (κ2) is 17.0. The Morgan fingerprint density at radius 3 is 1.23 bits per heavy atom. The number of pyridine rings is 2. The van der Waals surface area contributed by atoms with Gasteiger partial charge in [-0.2, -0.15) is 0 Å². The maximum absolute atomic E-state index is 15.3. The van der Waals surface area contributed by atoms with E-state index in [2.05, 4.69) is 81.4 Å². The van der Waals surface area contributed by atoms with Crippen molar-refractivity contribution in [1.82, 2.24) is 39.4 Å². The first-order valence-electron chi connectivity index (χ1n) is 18.4. The van der Waals surface area contributed by atoms with Crippen molar-refractivity contribution < 1.29 is 14.3 Å². The van der Waals surface area contributed by atoms with Crippen molar-refractivity contribution in [3.8, 4) is 0 Å². The predicted octanol–water partition coefficient (Wildman–Crippen LogP) is 2.54. The van der Waals surface area contributed by atoms with Crippen LogP contribution in [0.3, 0.4) is 0 Å². The molecule has 11 heteroatoms. The molecule has 0 spiro atoms. The van der Waals surface area contributed by atoms with E-state index in [0.29, 0.717) is 12.1 Å². The molecule has 4 aliphatic heterocycles. The van der Waals surface area contributed by atoms with Crippen molar-refractivity contribution in [3.05, 3.63) is 59.2 Å². The lowest BCUT2D eigenvalue weighted by molar-refractivity contribution is -0.132. The third kappa shape index (κ3) is 9.05. The highest BCUT2D eigenvalue weighted by atomic mass is 16.5. The highest BCUT2D eigenvalue weighted by molar-refractivity contribution is 5.91. The van der Waals surface area contributed by atoms with E-state index in [1.165, 1.54) is 0 Å². The molecule has 0 aliphatic carbocycles. The van der Waals surface area contributed by atoms with Gasteiger partial charge in [0.05, 0.1) is 49.9 Å². The number of ether oxygens (including phenoxy) is 2. The van der Waals surface area contributed by atoms with Crippen molar-refractivity contribution in [3.63, 3.8) is 0 Å². The van der Waals surface area contributed by atoms with Crippen LogP contribution in [0.15, 0.2) is 36.7 Å². The summed E-state index contributed by atoms with van der Waals surface area (Å²) in [6.45, 7) is 24.7. The molecule has 0 amide bonds. The van der Waals surface area contributed by atoms with Crippen LogP contribution >= 0.6 is 0 Å². The van der Waals surface area contributed by atoms with E-state index in [1.54, 1.807) is 0 Å². The monoisotopic (exact) mass is 662 g/mol. The minimum atomic E-state index is -0.370. The number of hydrogen-bond donors (Lipinski definition) is 0. The summed E-state index contributed by atoms with van der Waals surface area (Å²) in [7, 11) is 0.